The maximum absolute atomic E-state index is 13.1. The summed E-state index contributed by atoms with van der Waals surface area (Å²) in [6.07, 6.45) is 0. The van der Waals surface area contributed by atoms with E-state index in [0.29, 0.717) is 41.7 Å². The molecule has 1 saturated heterocycles. The van der Waals surface area contributed by atoms with Gasteiger partial charge in [0.1, 0.15) is 16.2 Å². The van der Waals surface area contributed by atoms with Crippen molar-refractivity contribution in [2.75, 3.05) is 33.4 Å². The van der Waals surface area contributed by atoms with Crippen LogP contribution in [0.25, 0.3) is 20.3 Å². The molecule has 0 unspecified atom stereocenters. The van der Waals surface area contributed by atoms with Gasteiger partial charge in [-0.25, -0.2) is 4.79 Å². The molecule has 2 aliphatic rings. The molecule has 1 N–H and O–H groups in total. The minimum Gasteiger partial charge on any atom is -0.496 e. The lowest BCUT2D eigenvalue weighted by Gasteiger charge is -2.29. The zero-order chi connectivity index (χ0) is 21.8. The predicted molar refractivity (Wildman–Crippen MR) is 125 cm³/mol. The van der Waals surface area contributed by atoms with Gasteiger partial charge in [-0.15, -0.1) is 11.3 Å². The van der Waals surface area contributed by atoms with Gasteiger partial charge in [-0.05, 0) is 18.2 Å². The number of benzene rings is 2. The Morgan fingerprint density at radius 2 is 2.00 bits per heavy atom. The third-order valence-corrected chi connectivity index (χ3v) is 7.90. The summed E-state index contributed by atoms with van der Waals surface area (Å²) in [5, 5.41) is 0.921. The first-order chi connectivity index (χ1) is 15.6. The molecule has 0 amide bonds. The fraction of sp³-hybridized carbons (Fsp3) is 0.333. The first kappa shape index (κ1) is 19.6. The molecule has 2 aromatic carbocycles. The minimum atomic E-state index is -0.349. The van der Waals surface area contributed by atoms with Crippen LogP contribution in [-0.2, 0) is 6.54 Å². The number of hydrogen-bond donors (Lipinski definition) is 1. The first-order valence-electron chi connectivity index (χ1n) is 10.8. The summed E-state index contributed by atoms with van der Waals surface area (Å²) in [7, 11) is 1.69. The summed E-state index contributed by atoms with van der Waals surface area (Å²) in [6, 6.07) is 13.7. The molecule has 0 aliphatic carbocycles. The highest BCUT2D eigenvalue weighted by Crippen LogP contribution is 2.45. The second kappa shape index (κ2) is 7.50. The number of H-pyrrole nitrogens is 1. The molecule has 0 spiro atoms. The van der Waals surface area contributed by atoms with Crippen molar-refractivity contribution >= 4 is 31.6 Å². The first-order valence-corrected chi connectivity index (χ1v) is 11.6. The van der Waals surface area contributed by atoms with Crippen molar-refractivity contribution in [2.24, 2.45) is 5.92 Å². The van der Waals surface area contributed by atoms with E-state index in [2.05, 4.69) is 9.88 Å². The number of hydrogen-bond acceptors (Lipinski definition) is 6. The Morgan fingerprint density at radius 3 is 2.88 bits per heavy atom. The van der Waals surface area contributed by atoms with Crippen molar-refractivity contribution in [1.82, 2.24) is 14.5 Å². The molecule has 164 valence electrons. The fourth-order valence-corrected chi connectivity index (χ4v) is 6.29. The molecule has 2 atom stereocenters. The average molecular weight is 450 g/mol. The summed E-state index contributed by atoms with van der Waals surface area (Å²) >= 11 is 1.43. The van der Waals surface area contributed by atoms with Gasteiger partial charge in [0.25, 0.3) is 5.56 Å². The normalized spacial score (nSPS) is 20.3. The second-order valence-corrected chi connectivity index (χ2v) is 9.55. The molecule has 4 heterocycles. The van der Waals surface area contributed by atoms with Gasteiger partial charge in [-0.3, -0.25) is 9.36 Å². The van der Waals surface area contributed by atoms with Crippen LogP contribution in [0.4, 0.5) is 0 Å². The van der Waals surface area contributed by atoms with Crippen molar-refractivity contribution in [2.45, 2.75) is 12.5 Å². The maximum Gasteiger partial charge on any atom is 0.328 e. The average Bonchev–Trinajstić information content (AvgIpc) is 3.40. The summed E-state index contributed by atoms with van der Waals surface area (Å²) < 4.78 is 14.5. The van der Waals surface area contributed by atoms with Crippen molar-refractivity contribution in [3.63, 3.8) is 0 Å². The van der Waals surface area contributed by atoms with Crippen LogP contribution in [0, 0.1) is 5.92 Å². The van der Waals surface area contributed by atoms with Gasteiger partial charge in [-0.1, -0.05) is 24.3 Å². The van der Waals surface area contributed by atoms with Gasteiger partial charge in [0.05, 0.1) is 19.2 Å². The van der Waals surface area contributed by atoms with Crippen LogP contribution in [-0.4, -0.2) is 47.8 Å². The Kier molecular flexibility index (Phi) is 4.58. The number of aromatic nitrogens is 2. The molecule has 0 saturated carbocycles. The predicted octanol–water partition coefficient (Wildman–Crippen LogP) is 3.02. The third kappa shape index (κ3) is 2.97. The molecule has 7 nitrogen and oxygen atoms in total. The molecular weight excluding hydrogens is 426 g/mol. The van der Waals surface area contributed by atoms with Gasteiger partial charge in [0, 0.05) is 53.7 Å². The number of aromatic amines is 1. The Balaban J connectivity index is 1.27. The van der Waals surface area contributed by atoms with Gasteiger partial charge >= 0.3 is 5.69 Å². The standard InChI is InChI=1S/C24H23N3O4S/c1-30-17-6-4-7-18-20(17)16-12-26(11-14(16)13-31-18)9-10-27-23(28)22-21(25-24(27)29)15-5-2-3-8-19(15)32-22/h2-8,14,16H,9-13H2,1H3,(H,25,29)/t14-,16-/m1/s1. The summed E-state index contributed by atoms with van der Waals surface area (Å²) in [4.78, 5) is 31.1. The van der Waals surface area contributed by atoms with Crippen LogP contribution in [0.2, 0.25) is 0 Å². The molecule has 4 aromatic rings. The minimum absolute atomic E-state index is 0.211. The number of nitrogens with one attached hydrogen (secondary N) is 1. The topological polar surface area (TPSA) is 76.6 Å². The van der Waals surface area contributed by atoms with E-state index < -0.39 is 0 Å². The Hall–Kier alpha value is -3.10. The van der Waals surface area contributed by atoms with Gasteiger partial charge in [0.2, 0.25) is 0 Å². The lowest BCUT2D eigenvalue weighted by atomic mass is 9.86. The quantitative estimate of drug-likeness (QED) is 0.518. The zero-order valence-corrected chi connectivity index (χ0v) is 18.5. The number of likely N-dealkylation sites (tertiary alicyclic amines) is 1. The lowest BCUT2D eigenvalue weighted by molar-refractivity contribution is 0.208. The number of thiophene rings is 1. The lowest BCUT2D eigenvalue weighted by Crippen LogP contribution is -2.38. The van der Waals surface area contributed by atoms with E-state index in [9.17, 15) is 9.59 Å². The third-order valence-electron chi connectivity index (χ3n) is 6.74. The number of rotatable bonds is 4. The smallest absolute Gasteiger partial charge is 0.328 e. The van der Waals surface area contributed by atoms with E-state index in [1.807, 2.05) is 42.5 Å². The monoisotopic (exact) mass is 449 g/mol. The van der Waals surface area contributed by atoms with Crippen LogP contribution >= 0.6 is 11.3 Å². The van der Waals surface area contributed by atoms with Gasteiger partial charge < -0.3 is 19.4 Å². The van der Waals surface area contributed by atoms with Crippen LogP contribution < -0.4 is 20.7 Å². The van der Waals surface area contributed by atoms with Crippen LogP contribution in [0.15, 0.2) is 52.1 Å². The van der Waals surface area contributed by atoms with Crippen molar-refractivity contribution < 1.29 is 9.47 Å². The molecule has 2 aliphatic heterocycles. The van der Waals surface area contributed by atoms with Crippen molar-refractivity contribution in [1.29, 1.82) is 0 Å². The maximum atomic E-state index is 13.1. The second-order valence-electron chi connectivity index (χ2n) is 8.50. The molecular formula is C24H23N3O4S. The van der Waals surface area contributed by atoms with Crippen LogP contribution in [0.5, 0.6) is 11.5 Å². The summed E-state index contributed by atoms with van der Waals surface area (Å²) in [6.45, 7) is 3.41. The van der Waals surface area contributed by atoms with E-state index in [1.54, 1.807) is 7.11 Å². The zero-order valence-electron chi connectivity index (χ0n) is 17.7. The van der Waals surface area contributed by atoms with E-state index in [-0.39, 0.29) is 11.2 Å². The highest BCUT2D eigenvalue weighted by molar-refractivity contribution is 7.25. The number of ether oxygens (including phenoxy) is 2. The molecule has 1 fully saturated rings. The van der Waals surface area contributed by atoms with Gasteiger partial charge in [0.15, 0.2) is 0 Å². The molecule has 8 heteroatoms. The fourth-order valence-electron chi connectivity index (χ4n) is 5.18. The number of fused-ring (bicyclic) bond motifs is 6. The largest absolute Gasteiger partial charge is 0.496 e. The van der Waals surface area contributed by atoms with E-state index in [1.165, 1.54) is 15.9 Å². The Labute approximate surface area is 187 Å². The van der Waals surface area contributed by atoms with Crippen molar-refractivity contribution in [3.05, 3.63) is 68.9 Å². The SMILES string of the molecule is COc1cccc2c1[C@@H]1CN(CCn3c(=O)[nH]c4c(sc5ccccc54)c3=O)C[C@@H]1CO2. The molecule has 6 rings (SSSR count). The highest BCUT2D eigenvalue weighted by Gasteiger charge is 2.40. The van der Waals surface area contributed by atoms with Crippen molar-refractivity contribution in [3.8, 4) is 11.5 Å². The van der Waals surface area contributed by atoms with Crippen LogP contribution in [0.3, 0.4) is 0 Å². The number of nitrogens with zero attached hydrogens (tertiary/aromatic N) is 2. The molecule has 2 aromatic heterocycles. The summed E-state index contributed by atoms with van der Waals surface area (Å²) in [5.74, 6) is 2.46. The van der Waals surface area contributed by atoms with E-state index in [0.717, 1.165) is 40.2 Å². The van der Waals surface area contributed by atoms with E-state index >= 15 is 0 Å². The Bertz CT molecular complexity index is 1440. The molecule has 32 heavy (non-hydrogen) atoms. The highest BCUT2D eigenvalue weighted by atomic mass is 32.1. The number of methoxy groups -OCH3 is 1. The Morgan fingerprint density at radius 1 is 1.12 bits per heavy atom. The van der Waals surface area contributed by atoms with E-state index in [4.69, 9.17) is 9.47 Å². The summed E-state index contributed by atoms with van der Waals surface area (Å²) in [5.41, 5.74) is 1.22. The van der Waals surface area contributed by atoms with Gasteiger partial charge in [-0.2, -0.15) is 0 Å². The molecule has 0 bridgehead atoms. The molecule has 0 radical (unpaired) electrons. The van der Waals surface area contributed by atoms with Crippen LogP contribution in [0.1, 0.15) is 11.5 Å².